The molecular formula is C34H49FN6O7S. The monoisotopic (exact) mass is 704 g/mol. The van der Waals surface area contributed by atoms with Crippen LogP contribution < -0.4 is 0 Å². The number of benzene rings is 1. The Morgan fingerprint density at radius 3 is 2.43 bits per heavy atom. The Kier molecular flexibility index (Phi) is 11.8. The Balaban J connectivity index is 1.39. The van der Waals surface area contributed by atoms with Crippen LogP contribution in [0.4, 0.5) is 9.18 Å². The molecule has 49 heavy (non-hydrogen) atoms. The Labute approximate surface area is 287 Å². The van der Waals surface area contributed by atoms with Crippen molar-refractivity contribution in [3.05, 3.63) is 41.2 Å². The number of aliphatic hydroxyl groups excluding tert-OH is 1. The Hall–Kier alpha value is -3.40. The molecule has 2 aromatic rings. The lowest BCUT2D eigenvalue weighted by atomic mass is 9.91. The van der Waals surface area contributed by atoms with Gasteiger partial charge in [-0.25, -0.2) is 26.6 Å². The van der Waals surface area contributed by atoms with E-state index in [-0.39, 0.29) is 35.9 Å². The van der Waals surface area contributed by atoms with Crippen LogP contribution in [-0.4, -0.2) is 126 Å². The molecule has 0 saturated carbocycles. The number of halogens is 1. The number of likely N-dealkylation sites (N-methyl/N-ethyl adjacent to an activating group) is 1. The molecule has 0 aliphatic carbocycles. The van der Waals surface area contributed by atoms with Crippen molar-refractivity contribution in [3.63, 3.8) is 0 Å². The van der Waals surface area contributed by atoms with E-state index in [4.69, 9.17) is 9.47 Å². The minimum Gasteiger partial charge on any atom is -0.457 e. The lowest BCUT2D eigenvalue weighted by molar-refractivity contribution is -0.151. The first-order chi connectivity index (χ1) is 23.2. The van der Waals surface area contributed by atoms with Gasteiger partial charge in [-0.1, -0.05) is 31.2 Å². The van der Waals surface area contributed by atoms with Crippen molar-refractivity contribution in [3.8, 4) is 0 Å². The van der Waals surface area contributed by atoms with Gasteiger partial charge in [-0.15, -0.1) is 5.10 Å². The number of rotatable bonds is 5. The summed E-state index contributed by atoms with van der Waals surface area (Å²) in [5.74, 6) is -1.55. The first kappa shape index (κ1) is 36.9. The number of piperazine rings is 1. The number of amides is 1. The highest BCUT2D eigenvalue weighted by atomic mass is 32.2. The van der Waals surface area contributed by atoms with Crippen molar-refractivity contribution in [1.82, 2.24) is 29.1 Å². The minimum atomic E-state index is -3.30. The summed E-state index contributed by atoms with van der Waals surface area (Å²) in [6.07, 6.45) is 5.84. The van der Waals surface area contributed by atoms with Gasteiger partial charge in [0.05, 0.1) is 30.3 Å². The molecule has 3 aliphatic rings. The van der Waals surface area contributed by atoms with E-state index in [1.54, 1.807) is 28.6 Å². The number of piperidine rings is 1. The van der Waals surface area contributed by atoms with Gasteiger partial charge in [0.15, 0.2) is 5.82 Å². The molecule has 2 fully saturated rings. The fourth-order valence-corrected chi connectivity index (χ4v) is 7.64. The van der Waals surface area contributed by atoms with Crippen LogP contribution >= 0.6 is 0 Å². The molecule has 5 atom stereocenters. The molecular weight excluding hydrogens is 655 g/mol. The molecule has 4 heterocycles. The molecule has 0 spiro atoms. The highest BCUT2D eigenvalue weighted by Gasteiger charge is 2.30. The van der Waals surface area contributed by atoms with Gasteiger partial charge in [0, 0.05) is 45.2 Å². The number of sulfonamides is 1. The number of aliphatic hydroxyl groups is 1. The van der Waals surface area contributed by atoms with E-state index in [0.717, 1.165) is 13.1 Å². The molecule has 1 aromatic heterocycles. The van der Waals surface area contributed by atoms with E-state index in [2.05, 4.69) is 15.2 Å². The lowest BCUT2D eigenvalue weighted by Gasteiger charge is -2.33. The Bertz CT molecular complexity index is 1660. The quantitative estimate of drug-likeness (QED) is 0.362. The molecule has 0 radical (unpaired) electrons. The third-order valence-electron chi connectivity index (χ3n) is 9.89. The molecule has 270 valence electrons. The summed E-state index contributed by atoms with van der Waals surface area (Å²) in [5.41, 5.74) is 1.78. The fraction of sp³-hybridized carbons (Fsp3) is 0.647. The third kappa shape index (κ3) is 9.24. The topological polar surface area (TPSA) is 147 Å². The van der Waals surface area contributed by atoms with Crippen molar-refractivity contribution in [2.75, 3.05) is 52.6 Å². The van der Waals surface area contributed by atoms with Crippen molar-refractivity contribution in [2.45, 2.75) is 77.2 Å². The number of nitrogens with zero attached hydrogens (tertiary/aromatic N) is 6. The smallest absolute Gasteiger partial charge is 0.410 e. The number of esters is 1. The molecule has 1 amide bonds. The predicted octanol–water partition coefficient (Wildman–Crippen LogP) is 3.61. The maximum absolute atomic E-state index is 15.4. The van der Waals surface area contributed by atoms with Crippen LogP contribution in [0.1, 0.15) is 64.5 Å². The molecule has 15 heteroatoms. The van der Waals surface area contributed by atoms with E-state index in [0.29, 0.717) is 68.5 Å². The molecule has 1 N–H and O–H groups in total. The number of fused-ring (bicyclic) bond motifs is 1. The number of cyclic esters (lactones) is 1. The van der Waals surface area contributed by atoms with Crippen LogP contribution in [-0.2, 0) is 24.3 Å². The normalized spacial score (nSPS) is 28.5. The second-order valence-corrected chi connectivity index (χ2v) is 15.9. The summed E-state index contributed by atoms with van der Waals surface area (Å²) in [4.78, 5) is 29.9. The van der Waals surface area contributed by atoms with Crippen LogP contribution in [0.3, 0.4) is 0 Å². The third-order valence-corrected chi connectivity index (χ3v) is 11.2. The maximum atomic E-state index is 15.4. The zero-order valence-corrected chi connectivity index (χ0v) is 29.8. The van der Waals surface area contributed by atoms with Gasteiger partial charge in [0.2, 0.25) is 10.0 Å². The van der Waals surface area contributed by atoms with Crippen LogP contribution in [0, 0.1) is 17.7 Å². The highest BCUT2D eigenvalue weighted by Crippen LogP contribution is 2.30. The van der Waals surface area contributed by atoms with Gasteiger partial charge in [-0.3, -0.25) is 4.79 Å². The van der Waals surface area contributed by atoms with Crippen LogP contribution in [0.25, 0.3) is 17.1 Å². The average Bonchev–Trinajstić information content (AvgIpc) is 3.48. The first-order valence-electron chi connectivity index (χ1n) is 17.1. The van der Waals surface area contributed by atoms with Gasteiger partial charge in [0.25, 0.3) is 0 Å². The second kappa shape index (κ2) is 15.7. The zero-order valence-electron chi connectivity index (χ0n) is 29.0. The Morgan fingerprint density at radius 2 is 1.76 bits per heavy atom. The molecule has 13 nitrogen and oxygen atoms in total. The fourth-order valence-electron chi connectivity index (χ4n) is 6.77. The molecule has 3 aliphatic heterocycles. The van der Waals surface area contributed by atoms with Crippen molar-refractivity contribution in [1.29, 1.82) is 0 Å². The number of aromatic nitrogens is 3. The summed E-state index contributed by atoms with van der Waals surface area (Å²) in [6.45, 7) is 9.06. The number of carbonyl (C=O) groups is 2. The number of hydrogen-bond acceptors (Lipinski definition) is 10. The van der Waals surface area contributed by atoms with Crippen LogP contribution in [0.2, 0.25) is 0 Å². The predicted molar refractivity (Wildman–Crippen MR) is 182 cm³/mol. The van der Waals surface area contributed by atoms with Gasteiger partial charge < -0.3 is 24.4 Å². The minimum absolute atomic E-state index is 0.105. The summed E-state index contributed by atoms with van der Waals surface area (Å²) < 4.78 is 54.4. The molecule has 1 aromatic carbocycles. The van der Waals surface area contributed by atoms with Gasteiger partial charge >= 0.3 is 12.1 Å². The summed E-state index contributed by atoms with van der Waals surface area (Å²) in [6, 6.07) is 2.99. The van der Waals surface area contributed by atoms with Crippen LogP contribution in [0.5, 0.6) is 0 Å². The molecule has 0 bridgehead atoms. The van der Waals surface area contributed by atoms with Gasteiger partial charge in [0.1, 0.15) is 17.7 Å². The maximum Gasteiger partial charge on any atom is 0.410 e. The van der Waals surface area contributed by atoms with Crippen molar-refractivity contribution in [2.24, 2.45) is 11.8 Å². The van der Waals surface area contributed by atoms with E-state index < -0.39 is 40.1 Å². The van der Waals surface area contributed by atoms with E-state index in [1.165, 1.54) is 16.6 Å². The highest BCUT2D eigenvalue weighted by molar-refractivity contribution is 7.88. The van der Waals surface area contributed by atoms with E-state index in [1.807, 2.05) is 33.0 Å². The summed E-state index contributed by atoms with van der Waals surface area (Å²) in [5, 5.41) is 19.0. The average molecular weight is 705 g/mol. The molecule has 5 rings (SSSR count). The van der Waals surface area contributed by atoms with Gasteiger partial charge in [-0.2, -0.15) is 0 Å². The van der Waals surface area contributed by atoms with E-state index in [9.17, 15) is 23.1 Å². The number of ether oxygens (including phenoxy) is 2. The standard InChI is InChI=1S/C34H49FN6O7S/c1-22-6-8-27(42)21-31(43)48-33(23(2)7-9-30(22)47-34(44)39-16-14-38(4)15-17-39)24(3)18-25-19-28(35)32-29(20-25)41(37-36-32)26-10-12-40(13-11-26)49(5,45)46/h7,9,18-20,22-23,26-27,30,33,42H,6,8,10-17,21H2,1-5H3/b9-7+,24-18+/t22-,23-,27+,30?,33-/m0/s1. The first-order valence-corrected chi connectivity index (χ1v) is 18.9. The molecule has 2 saturated heterocycles. The van der Waals surface area contributed by atoms with Crippen molar-refractivity contribution >= 4 is 39.2 Å². The largest absolute Gasteiger partial charge is 0.457 e. The number of carbonyl (C=O) groups excluding carboxylic acids is 2. The molecule has 1 unspecified atom stereocenters. The Morgan fingerprint density at radius 1 is 1.06 bits per heavy atom. The summed E-state index contributed by atoms with van der Waals surface area (Å²) >= 11 is 0. The summed E-state index contributed by atoms with van der Waals surface area (Å²) in [7, 11) is -1.28. The van der Waals surface area contributed by atoms with Gasteiger partial charge in [-0.05, 0) is 74.9 Å². The second-order valence-electron chi connectivity index (χ2n) is 13.9. The van der Waals surface area contributed by atoms with E-state index >= 15 is 4.39 Å². The zero-order chi connectivity index (χ0) is 35.5. The SMILES string of the molecule is C/C(=C\c1cc(F)c2nnn(C3CCN(S(C)(=O)=O)CC3)c2c1)[C@H]1OC(=O)C[C@H](O)CC[C@H](C)C(OC(=O)N2CCN(C)CC2)/C=C/[C@@H]1C. The van der Waals surface area contributed by atoms with Crippen molar-refractivity contribution < 1.29 is 37.0 Å². The number of hydrogen-bond donors (Lipinski definition) is 1. The lowest BCUT2D eigenvalue weighted by Crippen LogP contribution is -2.48. The van der Waals surface area contributed by atoms with Crippen LogP contribution in [0.15, 0.2) is 29.9 Å².